The lowest BCUT2D eigenvalue weighted by atomic mass is 9.85. The van der Waals surface area contributed by atoms with E-state index in [1.165, 1.54) is 27.2 Å². The number of nitrogens with zero attached hydrogens (tertiary/aromatic N) is 2. The third-order valence-corrected chi connectivity index (χ3v) is 10.5. The highest BCUT2D eigenvalue weighted by Crippen LogP contribution is 2.24. The van der Waals surface area contributed by atoms with Gasteiger partial charge in [-0.3, -0.25) is 19.5 Å². The summed E-state index contributed by atoms with van der Waals surface area (Å²) in [6.45, 7) is 7.72. The number of aliphatic hydroxyl groups is 1. The molecule has 5 N–H and O–H groups in total. The molecule has 282 valence electrons. The van der Waals surface area contributed by atoms with Crippen molar-refractivity contribution in [3.63, 3.8) is 0 Å². The van der Waals surface area contributed by atoms with Crippen LogP contribution in [0.5, 0.6) is 0 Å². The van der Waals surface area contributed by atoms with Gasteiger partial charge in [-0.2, -0.15) is 0 Å². The summed E-state index contributed by atoms with van der Waals surface area (Å²) in [6, 6.07) is 19.9. The van der Waals surface area contributed by atoms with Gasteiger partial charge in [-0.05, 0) is 59.1 Å². The molecule has 4 amide bonds. The molecule has 1 aromatic heterocycles. The van der Waals surface area contributed by atoms with Gasteiger partial charge in [0.2, 0.25) is 11.8 Å². The van der Waals surface area contributed by atoms with Gasteiger partial charge in [0.05, 0.1) is 31.2 Å². The van der Waals surface area contributed by atoms with Crippen molar-refractivity contribution in [3.8, 4) is 11.3 Å². The number of methoxy groups -OCH3 is 1. The van der Waals surface area contributed by atoms with Crippen LogP contribution in [0.4, 0.5) is 9.59 Å². The molecule has 14 heteroatoms. The molecule has 5 atom stereocenters. The standard InChI is InChI=1S/C38H51N5O8S/c1-37(2,3)33(42-35(47)51-6)34(46)40-28(21-26-16-18-27(19-17-26)29-15-11-12-20-39-29)23-31(44)30(22-25-13-9-8-10-14-25)41-32(45)24-43(36(48)49)38(4,5)52(7)50/h8-20,28,30-31,33,44H,21-24H2,1-7H3,(H,40,46)(H,41,45)(H,42,47)(H,48,49)/t28-,30-,31-,33+,52+/m0/s1. The maximum Gasteiger partial charge on any atom is 0.411 e. The summed E-state index contributed by atoms with van der Waals surface area (Å²) in [5, 5.41) is 30.1. The SMILES string of the molecule is COC(=O)N[C@H](C(=O)N[C@@H](Cc1ccc(-c2ccccn2)cc1)C[C@H](O)[C@H](Cc1ccccc1)NC(=O)CN(C(=O)O)C(C)(C)[S@@+](C)[O-])C(C)(C)C. The van der Waals surface area contributed by atoms with Gasteiger partial charge >= 0.3 is 12.2 Å². The second kappa shape index (κ2) is 18.7. The summed E-state index contributed by atoms with van der Waals surface area (Å²) in [5.41, 5.74) is 2.64. The van der Waals surface area contributed by atoms with Gasteiger partial charge in [-0.25, -0.2) is 9.59 Å². The monoisotopic (exact) mass is 737 g/mol. The molecule has 0 saturated carbocycles. The molecule has 3 aromatic rings. The van der Waals surface area contributed by atoms with Crippen molar-refractivity contribution >= 4 is 35.2 Å². The number of carbonyl (C=O) groups is 4. The minimum atomic E-state index is -1.62. The Kier molecular flexibility index (Phi) is 15.0. The minimum Gasteiger partial charge on any atom is -0.615 e. The fourth-order valence-electron chi connectivity index (χ4n) is 5.61. The molecule has 0 unspecified atom stereocenters. The van der Waals surface area contributed by atoms with E-state index in [9.17, 15) is 33.9 Å². The Morgan fingerprint density at radius 2 is 1.50 bits per heavy atom. The quantitative estimate of drug-likeness (QED) is 0.135. The van der Waals surface area contributed by atoms with Crippen LogP contribution in [0.1, 0.15) is 52.2 Å². The number of hydrogen-bond acceptors (Lipinski definition) is 8. The number of ether oxygens (including phenoxy) is 1. The number of alkyl carbamates (subject to hydrolysis) is 1. The maximum atomic E-state index is 13.8. The van der Waals surface area contributed by atoms with Crippen LogP contribution in [0.2, 0.25) is 0 Å². The van der Waals surface area contributed by atoms with Crippen LogP contribution >= 0.6 is 0 Å². The summed E-state index contributed by atoms with van der Waals surface area (Å²) >= 11 is -1.62. The van der Waals surface area contributed by atoms with E-state index in [0.717, 1.165) is 27.3 Å². The third kappa shape index (κ3) is 12.2. The van der Waals surface area contributed by atoms with Gasteiger partial charge in [0.15, 0.2) is 4.87 Å². The van der Waals surface area contributed by atoms with Crippen molar-refractivity contribution < 1.29 is 38.7 Å². The average Bonchev–Trinajstić information content (AvgIpc) is 3.09. The second-order valence-corrected chi connectivity index (χ2v) is 16.1. The van der Waals surface area contributed by atoms with Crippen molar-refractivity contribution in [1.29, 1.82) is 0 Å². The van der Waals surface area contributed by atoms with Gasteiger partial charge in [-0.15, -0.1) is 0 Å². The number of carbonyl (C=O) groups excluding carboxylic acids is 3. The number of nitrogens with one attached hydrogen (secondary N) is 3. The highest BCUT2D eigenvalue weighted by atomic mass is 32.2. The molecule has 0 saturated heterocycles. The summed E-state index contributed by atoms with van der Waals surface area (Å²) in [4.78, 5) is 55.4. The van der Waals surface area contributed by atoms with Crippen molar-refractivity contribution in [2.45, 2.75) is 83.0 Å². The van der Waals surface area contributed by atoms with Gasteiger partial charge in [-0.1, -0.05) is 81.4 Å². The number of carboxylic acid groups (broad SMARTS) is 1. The molecule has 0 spiro atoms. The molecular weight excluding hydrogens is 687 g/mol. The Balaban J connectivity index is 1.93. The van der Waals surface area contributed by atoms with Crippen molar-refractivity contribution in [1.82, 2.24) is 25.8 Å². The lowest BCUT2D eigenvalue weighted by molar-refractivity contribution is -0.127. The number of hydrogen-bond donors (Lipinski definition) is 5. The zero-order chi connectivity index (χ0) is 38.6. The summed E-state index contributed by atoms with van der Waals surface area (Å²) < 4.78 is 17.1. The first-order chi connectivity index (χ1) is 24.4. The fourth-order valence-corrected chi connectivity index (χ4v) is 6.06. The molecule has 2 aromatic carbocycles. The van der Waals surface area contributed by atoms with Crippen molar-refractivity contribution in [2.75, 3.05) is 19.9 Å². The highest BCUT2D eigenvalue weighted by Gasteiger charge is 2.41. The van der Waals surface area contributed by atoms with Crippen LogP contribution in [-0.2, 0) is 38.3 Å². The molecule has 0 aliphatic heterocycles. The van der Waals surface area contributed by atoms with E-state index in [1.807, 2.05) is 72.8 Å². The lowest BCUT2D eigenvalue weighted by Gasteiger charge is -2.36. The summed E-state index contributed by atoms with van der Waals surface area (Å²) in [7, 11) is 1.21. The molecular formula is C38H51N5O8S. The van der Waals surface area contributed by atoms with Crippen LogP contribution in [0, 0.1) is 5.41 Å². The first kappa shape index (κ1) is 41.8. The number of benzene rings is 2. The number of amides is 4. The van der Waals surface area contributed by atoms with Gasteiger partial charge in [0.25, 0.3) is 0 Å². The zero-order valence-corrected chi connectivity index (χ0v) is 31.6. The average molecular weight is 738 g/mol. The van der Waals surface area contributed by atoms with Crippen LogP contribution in [0.25, 0.3) is 11.3 Å². The Morgan fingerprint density at radius 1 is 0.885 bits per heavy atom. The van der Waals surface area contributed by atoms with Crippen molar-refractivity contribution in [3.05, 3.63) is 90.1 Å². The van der Waals surface area contributed by atoms with Crippen LogP contribution in [0.15, 0.2) is 79.0 Å². The second-order valence-electron chi connectivity index (χ2n) is 14.2. The number of aromatic nitrogens is 1. The lowest BCUT2D eigenvalue weighted by Crippen LogP contribution is -2.58. The molecule has 0 aliphatic carbocycles. The van der Waals surface area contributed by atoms with Gasteiger partial charge < -0.3 is 35.5 Å². The predicted octanol–water partition coefficient (Wildman–Crippen LogP) is 4.12. The number of aliphatic hydroxyl groups excluding tert-OH is 1. The van der Waals surface area contributed by atoms with E-state index in [1.54, 1.807) is 27.0 Å². The first-order valence-corrected chi connectivity index (χ1v) is 18.5. The number of rotatable bonds is 16. The molecule has 3 rings (SSSR count). The fraction of sp³-hybridized carbons (Fsp3) is 0.447. The normalized spacial score (nSPS) is 14.6. The maximum absolute atomic E-state index is 13.8. The molecule has 13 nitrogen and oxygen atoms in total. The first-order valence-electron chi connectivity index (χ1n) is 16.9. The van der Waals surface area contributed by atoms with E-state index in [-0.39, 0.29) is 19.3 Å². The van der Waals surface area contributed by atoms with Gasteiger partial charge in [0, 0.05) is 31.6 Å². The predicted molar refractivity (Wildman–Crippen MR) is 200 cm³/mol. The van der Waals surface area contributed by atoms with Crippen LogP contribution < -0.4 is 16.0 Å². The smallest absolute Gasteiger partial charge is 0.411 e. The Labute approximate surface area is 308 Å². The molecule has 52 heavy (non-hydrogen) atoms. The largest absolute Gasteiger partial charge is 0.615 e. The van der Waals surface area contributed by atoms with E-state index >= 15 is 0 Å². The Morgan fingerprint density at radius 3 is 2.04 bits per heavy atom. The van der Waals surface area contributed by atoms with E-state index in [4.69, 9.17) is 4.74 Å². The van der Waals surface area contributed by atoms with Crippen molar-refractivity contribution in [2.24, 2.45) is 5.41 Å². The molecule has 0 radical (unpaired) electrons. The molecule has 1 heterocycles. The van der Waals surface area contributed by atoms with E-state index in [2.05, 4.69) is 20.9 Å². The van der Waals surface area contributed by atoms with Gasteiger partial charge in [0.1, 0.15) is 12.6 Å². The minimum absolute atomic E-state index is 0.0201. The molecule has 0 fully saturated rings. The van der Waals surface area contributed by atoms with E-state index in [0.29, 0.717) is 0 Å². The summed E-state index contributed by atoms with van der Waals surface area (Å²) in [6.07, 6.45) is 0.118. The Bertz CT molecular complexity index is 1620. The number of pyridine rings is 1. The van der Waals surface area contributed by atoms with Crippen LogP contribution in [-0.4, -0.2) is 97.7 Å². The Hall–Kier alpha value is -4.66. The summed E-state index contributed by atoms with van der Waals surface area (Å²) in [5.74, 6) is -1.18. The van der Waals surface area contributed by atoms with Crippen LogP contribution in [0.3, 0.4) is 0 Å². The highest BCUT2D eigenvalue weighted by molar-refractivity contribution is 7.92. The zero-order valence-electron chi connectivity index (χ0n) is 30.8. The molecule has 0 bridgehead atoms. The molecule has 0 aliphatic rings. The van der Waals surface area contributed by atoms with E-state index < -0.39 is 76.2 Å². The topological polar surface area (TPSA) is 193 Å². The third-order valence-electron chi connectivity index (χ3n) is 8.84.